The summed E-state index contributed by atoms with van der Waals surface area (Å²) in [5, 5.41) is 3.39. The summed E-state index contributed by atoms with van der Waals surface area (Å²) in [6.45, 7) is 5.43. The van der Waals surface area contributed by atoms with Crippen molar-refractivity contribution in [3.8, 4) is 0 Å². The normalized spacial score (nSPS) is 10.8. The van der Waals surface area contributed by atoms with Crippen LogP contribution in [0.5, 0.6) is 0 Å². The minimum Gasteiger partial charge on any atom is -0.384 e. The first-order valence-corrected chi connectivity index (χ1v) is 7.17. The van der Waals surface area contributed by atoms with Crippen LogP contribution in [0.2, 0.25) is 0 Å². The lowest BCUT2D eigenvalue weighted by molar-refractivity contribution is 0.199. The van der Waals surface area contributed by atoms with Crippen LogP contribution in [-0.4, -0.2) is 39.7 Å². The van der Waals surface area contributed by atoms with E-state index >= 15 is 0 Å². The van der Waals surface area contributed by atoms with Crippen LogP contribution in [0.4, 0.5) is 0 Å². The van der Waals surface area contributed by atoms with Gasteiger partial charge < -0.3 is 14.8 Å². The SMILES string of the molecule is COCCNCc1cc(C)ccc1SCCOC. The number of methoxy groups -OCH3 is 2. The average molecular weight is 269 g/mol. The maximum atomic E-state index is 5.09. The van der Waals surface area contributed by atoms with Crippen LogP contribution >= 0.6 is 11.8 Å². The Balaban J connectivity index is 2.53. The van der Waals surface area contributed by atoms with E-state index in [9.17, 15) is 0 Å². The first-order chi connectivity index (χ1) is 8.77. The lowest BCUT2D eigenvalue weighted by Gasteiger charge is -2.11. The zero-order valence-electron chi connectivity index (χ0n) is 11.5. The monoisotopic (exact) mass is 269 g/mol. The fraction of sp³-hybridized carbons (Fsp3) is 0.571. The largest absolute Gasteiger partial charge is 0.384 e. The molecule has 0 bridgehead atoms. The van der Waals surface area contributed by atoms with E-state index in [-0.39, 0.29) is 0 Å². The molecule has 0 aliphatic carbocycles. The van der Waals surface area contributed by atoms with Gasteiger partial charge in [-0.3, -0.25) is 0 Å². The molecule has 0 amide bonds. The third-order valence-electron chi connectivity index (χ3n) is 2.56. The molecular formula is C14H23NO2S. The summed E-state index contributed by atoms with van der Waals surface area (Å²) in [5.41, 5.74) is 2.65. The number of hydrogen-bond donors (Lipinski definition) is 1. The summed E-state index contributed by atoms with van der Waals surface area (Å²) in [5.74, 6) is 0.991. The topological polar surface area (TPSA) is 30.5 Å². The fourth-order valence-electron chi connectivity index (χ4n) is 1.62. The van der Waals surface area contributed by atoms with Crippen molar-refractivity contribution >= 4 is 11.8 Å². The second-order valence-corrected chi connectivity index (χ2v) is 5.26. The lowest BCUT2D eigenvalue weighted by atomic mass is 10.1. The highest BCUT2D eigenvalue weighted by Gasteiger charge is 2.03. The molecular weight excluding hydrogens is 246 g/mol. The van der Waals surface area contributed by atoms with E-state index in [2.05, 4.69) is 30.4 Å². The molecule has 0 aromatic heterocycles. The predicted molar refractivity (Wildman–Crippen MR) is 77.4 cm³/mol. The van der Waals surface area contributed by atoms with Gasteiger partial charge in [-0.05, 0) is 18.6 Å². The van der Waals surface area contributed by atoms with Crippen molar-refractivity contribution in [2.24, 2.45) is 0 Å². The van der Waals surface area contributed by atoms with Crippen molar-refractivity contribution in [3.05, 3.63) is 29.3 Å². The first-order valence-electron chi connectivity index (χ1n) is 6.19. The van der Waals surface area contributed by atoms with Crippen molar-refractivity contribution in [1.29, 1.82) is 0 Å². The zero-order chi connectivity index (χ0) is 13.2. The van der Waals surface area contributed by atoms with Crippen molar-refractivity contribution in [2.45, 2.75) is 18.4 Å². The Morgan fingerprint density at radius 3 is 2.67 bits per heavy atom. The highest BCUT2D eigenvalue weighted by molar-refractivity contribution is 7.99. The summed E-state index contributed by atoms with van der Waals surface area (Å²) in [6, 6.07) is 6.60. The second-order valence-electron chi connectivity index (χ2n) is 4.12. The Labute approximate surface area is 114 Å². The van der Waals surface area contributed by atoms with Crippen LogP contribution in [0, 0.1) is 6.92 Å². The Bertz CT molecular complexity index is 345. The molecule has 1 aromatic rings. The molecule has 102 valence electrons. The van der Waals surface area contributed by atoms with Crippen LogP contribution in [0.1, 0.15) is 11.1 Å². The van der Waals surface area contributed by atoms with Crippen LogP contribution < -0.4 is 5.32 Å². The van der Waals surface area contributed by atoms with E-state index in [1.165, 1.54) is 16.0 Å². The van der Waals surface area contributed by atoms with Gasteiger partial charge in [-0.25, -0.2) is 0 Å². The summed E-state index contributed by atoms with van der Waals surface area (Å²) in [7, 11) is 3.46. The standard InChI is InChI=1S/C14H23NO2S/c1-12-4-5-14(18-9-8-17-3)13(10-12)11-15-6-7-16-2/h4-5,10,15H,6-9,11H2,1-3H3. The molecule has 0 aliphatic heterocycles. The van der Waals surface area contributed by atoms with Crippen LogP contribution in [0.25, 0.3) is 0 Å². The summed E-state index contributed by atoms with van der Waals surface area (Å²) >= 11 is 1.85. The maximum absolute atomic E-state index is 5.09. The number of ether oxygens (including phenoxy) is 2. The molecule has 4 heteroatoms. The summed E-state index contributed by atoms with van der Waals surface area (Å²) in [4.78, 5) is 1.34. The van der Waals surface area contributed by atoms with E-state index in [0.717, 1.165) is 32.1 Å². The highest BCUT2D eigenvalue weighted by Crippen LogP contribution is 2.23. The Morgan fingerprint density at radius 1 is 1.17 bits per heavy atom. The minimum absolute atomic E-state index is 0.748. The van der Waals surface area contributed by atoms with Gasteiger partial charge in [-0.1, -0.05) is 17.7 Å². The lowest BCUT2D eigenvalue weighted by Crippen LogP contribution is -2.19. The molecule has 0 unspecified atom stereocenters. The molecule has 0 atom stereocenters. The number of benzene rings is 1. The van der Waals surface area contributed by atoms with Gasteiger partial charge in [0.2, 0.25) is 0 Å². The summed E-state index contributed by atoms with van der Waals surface area (Å²) in [6.07, 6.45) is 0. The third kappa shape index (κ3) is 5.87. The van der Waals surface area contributed by atoms with Crippen molar-refractivity contribution in [2.75, 3.05) is 39.7 Å². The molecule has 0 saturated carbocycles. The van der Waals surface area contributed by atoms with Gasteiger partial charge in [0, 0.05) is 38.0 Å². The van der Waals surface area contributed by atoms with Gasteiger partial charge in [0.25, 0.3) is 0 Å². The molecule has 0 saturated heterocycles. The second kappa shape index (κ2) is 9.39. The Kier molecular flexibility index (Phi) is 8.09. The van der Waals surface area contributed by atoms with Gasteiger partial charge >= 0.3 is 0 Å². The smallest absolute Gasteiger partial charge is 0.0587 e. The molecule has 1 aromatic carbocycles. The first kappa shape index (κ1) is 15.5. The van der Waals surface area contributed by atoms with Gasteiger partial charge in [-0.15, -0.1) is 11.8 Å². The number of rotatable bonds is 9. The quantitative estimate of drug-likeness (QED) is 0.551. The molecule has 0 aliphatic rings. The number of thioether (sulfide) groups is 1. The van der Waals surface area contributed by atoms with E-state index in [0.29, 0.717) is 0 Å². The molecule has 0 radical (unpaired) electrons. The number of nitrogens with one attached hydrogen (secondary N) is 1. The molecule has 0 heterocycles. The van der Waals surface area contributed by atoms with Gasteiger partial charge in [-0.2, -0.15) is 0 Å². The maximum Gasteiger partial charge on any atom is 0.0587 e. The minimum atomic E-state index is 0.748. The molecule has 18 heavy (non-hydrogen) atoms. The van der Waals surface area contributed by atoms with Crippen molar-refractivity contribution in [1.82, 2.24) is 5.32 Å². The van der Waals surface area contributed by atoms with Crippen molar-refractivity contribution < 1.29 is 9.47 Å². The predicted octanol–water partition coefficient (Wildman–Crippen LogP) is 2.47. The molecule has 1 rings (SSSR count). The van der Waals surface area contributed by atoms with Crippen LogP contribution in [0.3, 0.4) is 0 Å². The molecule has 3 nitrogen and oxygen atoms in total. The Morgan fingerprint density at radius 2 is 1.94 bits per heavy atom. The number of aryl methyl sites for hydroxylation is 1. The fourth-order valence-corrected chi connectivity index (χ4v) is 2.57. The average Bonchev–Trinajstić information content (AvgIpc) is 2.37. The van der Waals surface area contributed by atoms with Crippen molar-refractivity contribution in [3.63, 3.8) is 0 Å². The Hall–Kier alpha value is -0.550. The zero-order valence-corrected chi connectivity index (χ0v) is 12.3. The highest BCUT2D eigenvalue weighted by atomic mass is 32.2. The van der Waals surface area contributed by atoms with E-state index in [1.54, 1.807) is 14.2 Å². The third-order valence-corrected chi connectivity index (χ3v) is 3.64. The van der Waals surface area contributed by atoms with E-state index in [4.69, 9.17) is 9.47 Å². The van der Waals surface area contributed by atoms with Gasteiger partial charge in [0.1, 0.15) is 0 Å². The summed E-state index contributed by atoms with van der Waals surface area (Å²) < 4.78 is 10.1. The molecule has 0 fully saturated rings. The van der Waals surface area contributed by atoms with Crippen LogP contribution in [0.15, 0.2) is 23.1 Å². The van der Waals surface area contributed by atoms with Crippen LogP contribution in [-0.2, 0) is 16.0 Å². The van der Waals surface area contributed by atoms with Gasteiger partial charge in [0.05, 0.1) is 13.2 Å². The molecule has 0 spiro atoms. The number of hydrogen-bond acceptors (Lipinski definition) is 4. The molecule has 1 N–H and O–H groups in total. The van der Waals surface area contributed by atoms with E-state index in [1.807, 2.05) is 11.8 Å². The van der Waals surface area contributed by atoms with Gasteiger partial charge in [0.15, 0.2) is 0 Å². The van der Waals surface area contributed by atoms with E-state index < -0.39 is 0 Å².